The SMILES string of the molecule is O=C=NCCC[Si](Cc1ccccc1)(OCC(F)(F)F)OCC(F)(F)F. The van der Waals surface area contributed by atoms with Gasteiger partial charge >= 0.3 is 20.9 Å². The lowest BCUT2D eigenvalue weighted by atomic mass is 10.2. The largest absolute Gasteiger partial charge is 0.410 e. The van der Waals surface area contributed by atoms with Gasteiger partial charge in [-0.25, -0.2) is 9.79 Å². The van der Waals surface area contributed by atoms with E-state index in [0.29, 0.717) is 5.56 Å². The number of halogens is 6. The molecule has 0 aliphatic carbocycles. The first-order chi connectivity index (χ1) is 12.1. The fourth-order valence-corrected chi connectivity index (χ4v) is 5.34. The first-order valence-corrected chi connectivity index (χ1v) is 9.77. The summed E-state index contributed by atoms with van der Waals surface area (Å²) in [6.07, 6.45) is -8.11. The molecule has 0 saturated heterocycles. The highest BCUT2D eigenvalue weighted by Crippen LogP contribution is 2.28. The molecule has 0 aliphatic rings. The van der Waals surface area contributed by atoms with Gasteiger partial charge in [0, 0.05) is 6.04 Å². The number of nitrogens with zero attached hydrogens (tertiary/aromatic N) is 1. The Labute approximate surface area is 147 Å². The van der Waals surface area contributed by atoms with Gasteiger partial charge in [0.2, 0.25) is 6.08 Å². The molecule has 0 spiro atoms. The number of isocyanates is 1. The van der Waals surface area contributed by atoms with Crippen molar-refractivity contribution in [1.82, 2.24) is 0 Å². The van der Waals surface area contributed by atoms with Gasteiger partial charge < -0.3 is 8.85 Å². The Kier molecular flexibility index (Phi) is 8.48. The lowest BCUT2D eigenvalue weighted by Crippen LogP contribution is -2.49. The third-order valence-corrected chi connectivity index (χ3v) is 6.61. The Morgan fingerprint density at radius 1 is 0.962 bits per heavy atom. The second kappa shape index (κ2) is 9.86. The molecule has 0 amide bonds. The van der Waals surface area contributed by atoms with Crippen LogP contribution in [0, 0.1) is 0 Å². The number of hydrogen-bond acceptors (Lipinski definition) is 4. The maximum atomic E-state index is 12.6. The van der Waals surface area contributed by atoms with Gasteiger partial charge in [-0.1, -0.05) is 30.3 Å². The monoisotopic (exact) mass is 401 g/mol. The normalized spacial score (nSPS) is 12.7. The van der Waals surface area contributed by atoms with E-state index in [1.807, 2.05) is 0 Å². The molecule has 146 valence electrons. The van der Waals surface area contributed by atoms with Crippen molar-refractivity contribution < 1.29 is 40.0 Å². The second-order valence-corrected chi connectivity index (χ2v) is 8.71. The lowest BCUT2D eigenvalue weighted by molar-refractivity contribution is -0.172. The topological polar surface area (TPSA) is 47.9 Å². The molecule has 0 aromatic heterocycles. The molecule has 26 heavy (non-hydrogen) atoms. The van der Waals surface area contributed by atoms with E-state index in [1.54, 1.807) is 30.3 Å². The zero-order valence-corrected chi connectivity index (χ0v) is 14.6. The lowest BCUT2D eigenvalue weighted by Gasteiger charge is -2.31. The second-order valence-electron chi connectivity index (χ2n) is 5.46. The molecule has 0 aliphatic heterocycles. The Morgan fingerprint density at radius 3 is 1.96 bits per heavy atom. The molecule has 4 nitrogen and oxygen atoms in total. The van der Waals surface area contributed by atoms with Crippen LogP contribution in [-0.4, -0.2) is 46.8 Å². The minimum absolute atomic E-state index is 0.0456. The van der Waals surface area contributed by atoms with Crippen LogP contribution in [0.4, 0.5) is 26.3 Å². The molecule has 0 radical (unpaired) electrons. The zero-order chi connectivity index (χ0) is 19.7. The highest BCUT2D eigenvalue weighted by Gasteiger charge is 2.44. The van der Waals surface area contributed by atoms with Crippen LogP contribution in [0.15, 0.2) is 35.3 Å². The van der Waals surface area contributed by atoms with Gasteiger partial charge in [-0.15, -0.1) is 0 Å². The summed E-state index contributed by atoms with van der Waals surface area (Å²) in [6.45, 7) is -3.50. The predicted octanol–water partition coefficient (Wildman–Crippen LogP) is 4.09. The third kappa shape index (κ3) is 9.71. The van der Waals surface area contributed by atoms with Gasteiger partial charge in [0.15, 0.2) is 0 Å². The summed E-state index contributed by atoms with van der Waals surface area (Å²) in [7, 11) is -3.94. The van der Waals surface area contributed by atoms with Crippen LogP contribution in [0.3, 0.4) is 0 Å². The summed E-state index contributed by atoms with van der Waals surface area (Å²) in [5.41, 5.74) is 0.502. The van der Waals surface area contributed by atoms with Crippen LogP contribution in [0.1, 0.15) is 12.0 Å². The van der Waals surface area contributed by atoms with Gasteiger partial charge in [0.1, 0.15) is 13.2 Å². The quantitative estimate of drug-likeness (QED) is 0.195. The Balaban J connectivity index is 3.04. The molecule has 0 fully saturated rings. The van der Waals surface area contributed by atoms with Crippen molar-refractivity contribution >= 4 is 14.6 Å². The number of aliphatic imine (C=N–C) groups is 1. The Morgan fingerprint density at radius 2 is 1.50 bits per heavy atom. The zero-order valence-electron chi connectivity index (χ0n) is 13.6. The van der Waals surface area contributed by atoms with Crippen LogP contribution in [0.5, 0.6) is 0 Å². The fourth-order valence-electron chi connectivity index (χ4n) is 2.18. The fraction of sp³-hybridized carbons (Fsp3) is 0.533. The number of carbonyl (C=O) groups excluding carboxylic acids is 1. The van der Waals surface area contributed by atoms with Gasteiger partial charge in [-0.05, 0) is 18.0 Å². The molecule has 0 atom stereocenters. The predicted molar refractivity (Wildman–Crippen MR) is 82.3 cm³/mol. The molecule has 11 heteroatoms. The van der Waals surface area contributed by atoms with Crippen molar-refractivity contribution in [2.75, 3.05) is 19.8 Å². The Bertz CT molecular complexity index is 569. The average Bonchev–Trinajstić information content (AvgIpc) is 2.55. The van der Waals surface area contributed by atoms with Crippen LogP contribution in [0.2, 0.25) is 6.04 Å². The van der Waals surface area contributed by atoms with Crippen LogP contribution >= 0.6 is 0 Å². The highest BCUT2D eigenvalue weighted by molar-refractivity contribution is 6.67. The average molecular weight is 401 g/mol. The summed E-state index contributed by atoms with van der Waals surface area (Å²) < 4.78 is 85.4. The van der Waals surface area contributed by atoms with Crippen LogP contribution < -0.4 is 0 Å². The summed E-state index contributed by atoms with van der Waals surface area (Å²) in [6, 6.07) is 7.65. The summed E-state index contributed by atoms with van der Waals surface area (Å²) in [4.78, 5) is 13.4. The molecule has 0 N–H and O–H groups in total. The number of hydrogen-bond donors (Lipinski definition) is 0. The van der Waals surface area contributed by atoms with Crippen molar-refractivity contribution in [3.63, 3.8) is 0 Å². The first kappa shape index (κ1) is 22.4. The molecule has 0 heterocycles. The third-order valence-electron chi connectivity index (χ3n) is 3.21. The molecule has 0 unspecified atom stereocenters. The van der Waals surface area contributed by atoms with Gasteiger partial charge in [-0.2, -0.15) is 26.3 Å². The first-order valence-electron chi connectivity index (χ1n) is 7.54. The standard InChI is InChI=1S/C15H17F6NO3Si/c16-14(17,18)10-24-26(8-4-7-22-12-23,25-11-15(19,20)21)9-13-5-2-1-3-6-13/h1-3,5-6H,4,7-11H2. The van der Waals surface area contributed by atoms with Crippen LogP contribution in [0.25, 0.3) is 0 Å². The molecular formula is C15H17F6NO3Si. The van der Waals surface area contributed by atoms with E-state index in [1.165, 1.54) is 6.08 Å². The minimum atomic E-state index is -4.71. The van der Waals surface area contributed by atoms with Crippen molar-refractivity contribution in [2.45, 2.75) is 30.9 Å². The van der Waals surface area contributed by atoms with Gasteiger partial charge in [-0.3, -0.25) is 0 Å². The van der Waals surface area contributed by atoms with Gasteiger partial charge in [0.25, 0.3) is 0 Å². The maximum absolute atomic E-state index is 12.6. The molecule has 0 saturated carbocycles. The van der Waals surface area contributed by atoms with Crippen molar-refractivity contribution in [3.05, 3.63) is 35.9 Å². The molecule has 1 rings (SSSR count). The number of rotatable bonds is 10. The summed E-state index contributed by atoms with van der Waals surface area (Å²) >= 11 is 0. The Hall–Kier alpha value is -1.68. The summed E-state index contributed by atoms with van der Waals surface area (Å²) in [5.74, 6) is 0. The van der Waals surface area contributed by atoms with E-state index in [2.05, 4.69) is 4.99 Å². The van der Waals surface area contributed by atoms with Crippen molar-refractivity contribution in [2.24, 2.45) is 4.99 Å². The van der Waals surface area contributed by atoms with E-state index in [-0.39, 0.29) is 25.1 Å². The molecule has 1 aromatic carbocycles. The number of benzene rings is 1. The molecular weight excluding hydrogens is 384 g/mol. The summed E-state index contributed by atoms with van der Waals surface area (Å²) in [5, 5.41) is 0. The molecule has 1 aromatic rings. The van der Waals surface area contributed by atoms with E-state index < -0.39 is 34.1 Å². The van der Waals surface area contributed by atoms with E-state index >= 15 is 0 Å². The minimum Gasteiger partial charge on any atom is -0.384 e. The maximum Gasteiger partial charge on any atom is 0.410 e. The highest BCUT2D eigenvalue weighted by atomic mass is 28.4. The number of alkyl halides is 6. The van der Waals surface area contributed by atoms with Crippen LogP contribution in [-0.2, 0) is 19.7 Å². The molecule has 0 bridgehead atoms. The van der Waals surface area contributed by atoms with Crippen molar-refractivity contribution in [3.8, 4) is 0 Å². The van der Waals surface area contributed by atoms with E-state index in [0.717, 1.165) is 0 Å². The smallest absolute Gasteiger partial charge is 0.384 e. The van der Waals surface area contributed by atoms with E-state index in [4.69, 9.17) is 8.85 Å². The van der Waals surface area contributed by atoms with E-state index in [9.17, 15) is 31.1 Å². The van der Waals surface area contributed by atoms with Crippen molar-refractivity contribution in [1.29, 1.82) is 0 Å². The van der Waals surface area contributed by atoms with Gasteiger partial charge in [0.05, 0.1) is 6.54 Å².